The number of aromatic nitrogens is 3. The maximum atomic E-state index is 5.91. The Labute approximate surface area is 160 Å². The molecule has 1 saturated heterocycles. The standard InChI is InChI=1S/C22H26N4O/c1-18-5-6-22(26-12-3-9-24-26)20(14-18)16-25(17-21-4-2-13-27-21)15-19-7-10-23-11-8-19/h3,5-12,14,21H,2,4,13,15-17H2,1H3/t21-/m0/s1. The quantitative estimate of drug-likeness (QED) is 0.642. The lowest BCUT2D eigenvalue weighted by Crippen LogP contribution is -2.32. The van der Waals surface area contributed by atoms with Crippen molar-refractivity contribution >= 4 is 0 Å². The molecule has 3 heterocycles. The minimum atomic E-state index is 0.324. The van der Waals surface area contributed by atoms with Gasteiger partial charge in [-0.1, -0.05) is 17.7 Å². The second-order valence-electron chi connectivity index (χ2n) is 7.24. The average Bonchev–Trinajstić information content (AvgIpc) is 3.37. The lowest BCUT2D eigenvalue weighted by molar-refractivity contribution is 0.0679. The third-order valence-corrected chi connectivity index (χ3v) is 5.02. The van der Waals surface area contributed by atoms with Crippen LogP contribution in [-0.2, 0) is 17.8 Å². The van der Waals surface area contributed by atoms with E-state index in [1.807, 2.05) is 35.5 Å². The summed E-state index contributed by atoms with van der Waals surface area (Å²) in [6.45, 7) is 5.71. The van der Waals surface area contributed by atoms with Crippen LogP contribution in [0.5, 0.6) is 0 Å². The monoisotopic (exact) mass is 362 g/mol. The molecule has 0 bridgehead atoms. The minimum Gasteiger partial charge on any atom is -0.377 e. The maximum absolute atomic E-state index is 5.91. The first-order chi connectivity index (χ1) is 13.3. The van der Waals surface area contributed by atoms with E-state index in [-0.39, 0.29) is 0 Å². The van der Waals surface area contributed by atoms with Crippen LogP contribution in [0.4, 0.5) is 0 Å². The summed E-state index contributed by atoms with van der Waals surface area (Å²) < 4.78 is 7.86. The first kappa shape index (κ1) is 17.9. The smallest absolute Gasteiger partial charge is 0.0703 e. The Morgan fingerprint density at radius 3 is 2.78 bits per heavy atom. The number of nitrogens with zero attached hydrogens (tertiary/aromatic N) is 4. The van der Waals surface area contributed by atoms with E-state index in [4.69, 9.17) is 4.74 Å². The summed E-state index contributed by atoms with van der Waals surface area (Å²) in [4.78, 5) is 6.62. The average molecular weight is 362 g/mol. The fourth-order valence-corrected chi connectivity index (χ4v) is 3.72. The molecule has 1 aliphatic heterocycles. The van der Waals surface area contributed by atoms with E-state index in [2.05, 4.69) is 52.2 Å². The second-order valence-corrected chi connectivity index (χ2v) is 7.24. The molecule has 4 rings (SSSR count). The summed E-state index contributed by atoms with van der Waals surface area (Å²) in [5.74, 6) is 0. The van der Waals surface area contributed by atoms with Crippen LogP contribution >= 0.6 is 0 Å². The highest BCUT2D eigenvalue weighted by molar-refractivity contribution is 5.42. The van der Waals surface area contributed by atoms with Gasteiger partial charge in [0.05, 0.1) is 11.8 Å². The first-order valence-electron chi connectivity index (χ1n) is 9.60. The molecule has 0 N–H and O–H groups in total. The molecule has 0 unspecified atom stereocenters. The summed E-state index contributed by atoms with van der Waals surface area (Å²) in [6, 6.07) is 12.7. The Kier molecular flexibility index (Phi) is 5.61. The van der Waals surface area contributed by atoms with Crippen molar-refractivity contribution < 1.29 is 4.74 Å². The fourth-order valence-electron chi connectivity index (χ4n) is 3.72. The highest BCUT2D eigenvalue weighted by Gasteiger charge is 2.20. The molecule has 1 atom stereocenters. The van der Waals surface area contributed by atoms with Gasteiger partial charge in [-0.15, -0.1) is 0 Å². The molecule has 0 amide bonds. The van der Waals surface area contributed by atoms with Gasteiger partial charge in [0.1, 0.15) is 0 Å². The van der Waals surface area contributed by atoms with Crippen LogP contribution in [0.25, 0.3) is 5.69 Å². The van der Waals surface area contributed by atoms with Gasteiger partial charge in [-0.3, -0.25) is 9.88 Å². The van der Waals surface area contributed by atoms with Crippen molar-refractivity contribution in [2.24, 2.45) is 0 Å². The zero-order valence-electron chi connectivity index (χ0n) is 15.8. The van der Waals surface area contributed by atoms with Crippen molar-refractivity contribution in [3.8, 4) is 5.69 Å². The van der Waals surface area contributed by atoms with Crippen molar-refractivity contribution in [2.75, 3.05) is 13.2 Å². The highest BCUT2D eigenvalue weighted by atomic mass is 16.5. The fraction of sp³-hybridized carbons (Fsp3) is 0.364. The number of rotatable bonds is 7. The molecule has 0 aliphatic carbocycles. The van der Waals surface area contributed by atoms with E-state index in [0.29, 0.717) is 6.10 Å². The van der Waals surface area contributed by atoms with Crippen LogP contribution in [0.1, 0.15) is 29.5 Å². The minimum absolute atomic E-state index is 0.324. The van der Waals surface area contributed by atoms with Crippen molar-refractivity contribution in [1.82, 2.24) is 19.7 Å². The molecule has 1 aliphatic rings. The van der Waals surface area contributed by atoms with Crippen molar-refractivity contribution in [2.45, 2.75) is 39.0 Å². The molecule has 0 spiro atoms. The van der Waals surface area contributed by atoms with Gasteiger partial charge in [0.2, 0.25) is 0 Å². The maximum Gasteiger partial charge on any atom is 0.0703 e. The van der Waals surface area contributed by atoms with Crippen LogP contribution in [-0.4, -0.2) is 38.9 Å². The van der Waals surface area contributed by atoms with Crippen LogP contribution in [0.3, 0.4) is 0 Å². The molecular weight excluding hydrogens is 336 g/mol. The SMILES string of the molecule is Cc1ccc(-n2cccn2)c(CN(Cc2ccncc2)C[C@@H]2CCCO2)c1. The topological polar surface area (TPSA) is 43.2 Å². The third kappa shape index (κ3) is 4.62. The summed E-state index contributed by atoms with van der Waals surface area (Å²) >= 11 is 0. The van der Waals surface area contributed by atoms with Crippen LogP contribution < -0.4 is 0 Å². The first-order valence-corrected chi connectivity index (χ1v) is 9.60. The number of ether oxygens (including phenoxy) is 1. The van der Waals surface area contributed by atoms with Gasteiger partial charge in [0.15, 0.2) is 0 Å². The predicted molar refractivity (Wildman–Crippen MR) is 106 cm³/mol. The number of pyridine rings is 1. The normalized spacial score (nSPS) is 16.9. The summed E-state index contributed by atoms with van der Waals surface area (Å²) in [5, 5.41) is 4.44. The summed E-state index contributed by atoms with van der Waals surface area (Å²) in [5.41, 5.74) is 4.96. The van der Waals surface area contributed by atoms with Crippen LogP contribution in [0.15, 0.2) is 61.2 Å². The number of hydrogen-bond donors (Lipinski definition) is 0. The molecule has 5 nitrogen and oxygen atoms in total. The Balaban J connectivity index is 1.59. The molecule has 140 valence electrons. The van der Waals surface area contributed by atoms with E-state index < -0.39 is 0 Å². The van der Waals surface area contributed by atoms with E-state index in [1.54, 1.807) is 0 Å². The zero-order valence-corrected chi connectivity index (χ0v) is 15.8. The second kappa shape index (κ2) is 8.46. The van der Waals surface area contributed by atoms with E-state index in [9.17, 15) is 0 Å². The summed E-state index contributed by atoms with van der Waals surface area (Å²) in [6.07, 6.45) is 10.2. The van der Waals surface area contributed by atoms with Gasteiger partial charge < -0.3 is 4.74 Å². The van der Waals surface area contributed by atoms with Gasteiger partial charge in [-0.25, -0.2) is 4.68 Å². The molecule has 1 fully saturated rings. The molecule has 5 heteroatoms. The Morgan fingerprint density at radius 2 is 2.04 bits per heavy atom. The van der Waals surface area contributed by atoms with Gasteiger partial charge in [-0.05, 0) is 55.2 Å². The number of aryl methyl sites for hydroxylation is 1. The number of hydrogen-bond acceptors (Lipinski definition) is 4. The van der Waals surface area contributed by atoms with Gasteiger partial charge in [0, 0.05) is 51.0 Å². The summed E-state index contributed by atoms with van der Waals surface area (Å²) in [7, 11) is 0. The van der Waals surface area contributed by atoms with Crippen LogP contribution in [0.2, 0.25) is 0 Å². The largest absolute Gasteiger partial charge is 0.377 e. The van der Waals surface area contributed by atoms with Crippen molar-refractivity contribution in [3.63, 3.8) is 0 Å². The Bertz CT molecular complexity index is 842. The van der Waals surface area contributed by atoms with E-state index in [1.165, 1.54) is 16.7 Å². The lowest BCUT2D eigenvalue weighted by atomic mass is 10.1. The molecule has 0 radical (unpaired) electrons. The van der Waals surface area contributed by atoms with Crippen molar-refractivity contribution in [1.29, 1.82) is 0 Å². The molecule has 0 saturated carbocycles. The Hall–Kier alpha value is -2.50. The van der Waals surface area contributed by atoms with E-state index in [0.717, 1.165) is 44.8 Å². The Morgan fingerprint density at radius 1 is 1.15 bits per heavy atom. The van der Waals surface area contributed by atoms with Crippen molar-refractivity contribution in [3.05, 3.63) is 77.9 Å². The van der Waals surface area contributed by atoms with Gasteiger partial charge in [0.25, 0.3) is 0 Å². The highest BCUT2D eigenvalue weighted by Crippen LogP contribution is 2.21. The lowest BCUT2D eigenvalue weighted by Gasteiger charge is -2.26. The molecule has 27 heavy (non-hydrogen) atoms. The predicted octanol–water partition coefficient (Wildman–Crippen LogP) is 3.76. The van der Waals surface area contributed by atoms with Crippen LogP contribution in [0, 0.1) is 6.92 Å². The molecule has 3 aromatic rings. The molecule has 2 aromatic heterocycles. The van der Waals surface area contributed by atoms with Gasteiger partial charge >= 0.3 is 0 Å². The van der Waals surface area contributed by atoms with E-state index >= 15 is 0 Å². The van der Waals surface area contributed by atoms with Gasteiger partial charge in [-0.2, -0.15) is 5.10 Å². The molecule has 1 aromatic carbocycles. The third-order valence-electron chi connectivity index (χ3n) is 5.02. The number of benzene rings is 1. The molecular formula is C22H26N4O. The zero-order chi connectivity index (χ0) is 18.5.